The zero-order chi connectivity index (χ0) is 33.9. The van der Waals surface area contributed by atoms with Gasteiger partial charge in [0, 0.05) is 22.0 Å². The molecule has 12 rings (SSSR count). The fraction of sp³-hybridized carbons (Fsp3) is 0. The maximum Gasteiger partial charge on any atom is 0.238 e. The zero-order valence-corrected chi connectivity index (χ0v) is 27.7. The topological polar surface area (TPSA) is 57.4 Å². The second-order valence-corrected chi connectivity index (χ2v) is 13.4. The third kappa shape index (κ3) is 3.71. The minimum absolute atomic E-state index is 0.580. The van der Waals surface area contributed by atoms with Crippen LogP contribution in [-0.4, -0.2) is 32.9 Å². The van der Waals surface area contributed by atoms with E-state index in [1.807, 2.05) is 12.1 Å². The molecule has 0 fully saturated rings. The highest BCUT2D eigenvalue weighted by molar-refractivity contribution is 5.99. The first-order valence-electron chi connectivity index (χ1n) is 17.5. The first-order valence-corrected chi connectivity index (χ1v) is 17.5. The average molecular weight is 666 g/mol. The molecule has 0 atom stereocenters. The quantitative estimate of drug-likeness (QED) is 0.189. The standard InChI is InChI=1S/C45H27N7/c1-2-12-29-25-31(22-21-28(29)11-1)43-33-14-4-5-15-34(33)46-44(48-43)52-40-24-23-32(27-41(40)51-37-18-8-6-16-35(37)47-45(51)52)49-38-19-9-10-20-39(38)50-36-17-7-3-13-30(36)26-42(49)50/h1-27H. The van der Waals surface area contributed by atoms with Crippen LogP contribution in [0.1, 0.15) is 0 Å². The van der Waals surface area contributed by atoms with Crippen LogP contribution in [-0.2, 0) is 0 Å². The Morgan fingerprint density at radius 3 is 1.96 bits per heavy atom. The van der Waals surface area contributed by atoms with Gasteiger partial charge in [0.1, 0.15) is 5.65 Å². The van der Waals surface area contributed by atoms with Gasteiger partial charge in [0.05, 0.1) is 49.8 Å². The molecule has 0 radical (unpaired) electrons. The molecule has 0 unspecified atom stereocenters. The summed E-state index contributed by atoms with van der Waals surface area (Å²) in [5.41, 5.74) is 12.5. The number of hydrogen-bond acceptors (Lipinski definition) is 3. The Morgan fingerprint density at radius 1 is 0.385 bits per heavy atom. The van der Waals surface area contributed by atoms with Gasteiger partial charge in [-0.3, -0.25) is 13.4 Å². The van der Waals surface area contributed by atoms with Crippen molar-refractivity contribution in [1.82, 2.24) is 32.9 Å². The van der Waals surface area contributed by atoms with E-state index in [-0.39, 0.29) is 0 Å². The van der Waals surface area contributed by atoms with E-state index in [9.17, 15) is 0 Å². The maximum absolute atomic E-state index is 5.36. The molecule has 0 amide bonds. The highest BCUT2D eigenvalue weighted by atomic mass is 15.3. The SMILES string of the molecule is c1ccc2cc(-c3nc(-n4c5ccc(-n6c7ccccc7n7c8ccccc8cc67)cc5n5c6ccccc6nc45)nc4ccccc34)ccc2c1. The average Bonchev–Trinajstić information content (AvgIpc) is 3.93. The molecule has 0 aliphatic carbocycles. The predicted octanol–water partition coefficient (Wildman–Crippen LogP) is 10.5. The lowest BCUT2D eigenvalue weighted by Gasteiger charge is -2.11. The maximum atomic E-state index is 5.36. The molecule has 7 heteroatoms. The minimum atomic E-state index is 0.580. The van der Waals surface area contributed by atoms with Crippen LogP contribution in [0.5, 0.6) is 0 Å². The van der Waals surface area contributed by atoms with Crippen molar-refractivity contribution in [2.24, 2.45) is 0 Å². The Balaban J connectivity index is 1.16. The number of rotatable bonds is 3. The summed E-state index contributed by atoms with van der Waals surface area (Å²) in [6.07, 6.45) is 0. The van der Waals surface area contributed by atoms with Gasteiger partial charge in [0.25, 0.3) is 0 Å². The van der Waals surface area contributed by atoms with Gasteiger partial charge in [-0.15, -0.1) is 0 Å². The van der Waals surface area contributed by atoms with Crippen LogP contribution >= 0.6 is 0 Å². The number of imidazole rings is 3. The van der Waals surface area contributed by atoms with Crippen molar-refractivity contribution in [2.75, 3.05) is 0 Å². The highest BCUT2D eigenvalue weighted by Gasteiger charge is 2.22. The van der Waals surface area contributed by atoms with Crippen molar-refractivity contribution < 1.29 is 0 Å². The number of hydrogen-bond donors (Lipinski definition) is 0. The molecule has 0 bridgehead atoms. The summed E-state index contributed by atoms with van der Waals surface area (Å²) >= 11 is 0. The first kappa shape index (κ1) is 27.6. The summed E-state index contributed by atoms with van der Waals surface area (Å²) in [5.74, 6) is 1.35. The number of aromatic nitrogens is 7. The van der Waals surface area contributed by atoms with Gasteiger partial charge in [-0.2, -0.15) is 0 Å². The van der Waals surface area contributed by atoms with Gasteiger partial charge < -0.3 is 0 Å². The van der Waals surface area contributed by atoms with E-state index in [2.05, 4.69) is 170 Å². The highest BCUT2D eigenvalue weighted by Crippen LogP contribution is 2.36. The lowest BCUT2D eigenvalue weighted by atomic mass is 10.0. The predicted molar refractivity (Wildman–Crippen MR) is 211 cm³/mol. The normalized spacial score (nSPS) is 12.2. The van der Waals surface area contributed by atoms with E-state index in [4.69, 9.17) is 15.0 Å². The number of fused-ring (bicyclic) bond motifs is 12. The molecule has 5 aromatic heterocycles. The molecule has 0 saturated heterocycles. The first-order chi connectivity index (χ1) is 25.8. The van der Waals surface area contributed by atoms with Gasteiger partial charge in [0.15, 0.2) is 0 Å². The van der Waals surface area contributed by atoms with Crippen LogP contribution in [0.15, 0.2) is 164 Å². The second-order valence-electron chi connectivity index (χ2n) is 13.4. The van der Waals surface area contributed by atoms with Crippen LogP contribution in [0.25, 0.3) is 100.0 Å². The Kier molecular flexibility index (Phi) is 5.38. The van der Waals surface area contributed by atoms with Crippen molar-refractivity contribution in [1.29, 1.82) is 0 Å². The second kappa shape index (κ2) is 10.2. The monoisotopic (exact) mass is 665 g/mol. The van der Waals surface area contributed by atoms with Crippen LogP contribution in [0, 0.1) is 0 Å². The molecule has 7 aromatic carbocycles. The van der Waals surface area contributed by atoms with Crippen LogP contribution in [0.3, 0.4) is 0 Å². The lowest BCUT2D eigenvalue weighted by molar-refractivity contribution is 0.986. The molecular weight excluding hydrogens is 639 g/mol. The van der Waals surface area contributed by atoms with Gasteiger partial charge in [-0.1, -0.05) is 97.1 Å². The Bertz CT molecular complexity index is 3430. The summed E-state index contributed by atoms with van der Waals surface area (Å²) in [4.78, 5) is 15.8. The Labute approximate surface area is 295 Å². The summed E-state index contributed by atoms with van der Waals surface area (Å²) < 4.78 is 9.09. The summed E-state index contributed by atoms with van der Waals surface area (Å²) in [5, 5.41) is 4.59. The Morgan fingerprint density at radius 2 is 1.08 bits per heavy atom. The number of benzene rings is 7. The van der Waals surface area contributed by atoms with E-state index in [0.29, 0.717) is 5.95 Å². The van der Waals surface area contributed by atoms with E-state index in [1.54, 1.807) is 0 Å². The van der Waals surface area contributed by atoms with E-state index in [1.165, 1.54) is 27.2 Å². The third-order valence-electron chi connectivity index (χ3n) is 10.5. The molecule has 0 saturated carbocycles. The number of para-hydroxylation sites is 6. The van der Waals surface area contributed by atoms with E-state index < -0.39 is 0 Å². The third-order valence-corrected chi connectivity index (χ3v) is 10.5. The van der Waals surface area contributed by atoms with Crippen molar-refractivity contribution in [2.45, 2.75) is 0 Å². The molecule has 12 aromatic rings. The molecule has 242 valence electrons. The zero-order valence-electron chi connectivity index (χ0n) is 27.7. The summed E-state index contributed by atoms with van der Waals surface area (Å²) in [6, 6.07) is 57.7. The molecule has 5 heterocycles. The Hall–Kier alpha value is -7.25. The molecule has 0 spiro atoms. The van der Waals surface area contributed by atoms with Crippen LogP contribution in [0.4, 0.5) is 0 Å². The fourth-order valence-corrected chi connectivity index (χ4v) is 8.24. The van der Waals surface area contributed by atoms with Gasteiger partial charge in [-0.25, -0.2) is 19.5 Å². The van der Waals surface area contributed by atoms with Crippen molar-refractivity contribution in [3.05, 3.63) is 164 Å². The van der Waals surface area contributed by atoms with Crippen molar-refractivity contribution in [3.63, 3.8) is 0 Å². The largest absolute Gasteiger partial charge is 0.294 e. The van der Waals surface area contributed by atoms with Gasteiger partial charge >= 0.3 is 0 Å². The van der Waals surface area contributed by atoms with Gasteiger partial charge in [0.2, 0.25) is 11.7 Å². The summed E-state index contributed by atoms with van der Waals surface area (Å²) in [6.45, 7) is 0. The van der Waals surface area contributed by atoms with Crippen molar-refractivity contribution >= 4 is 77.1 Å². The van der Waals surface area contributed by atoms with Gasteiger partial charge in [-0.05, 0) is 77.5 Å². The molecule has 52 heavy (non-hydrogen) atoms. The summed E-state index contributed by atoms with van der Waals surface area (Å²) in [7, 11) is 0. The minimum Gasteiger partial charge on any atom is -0.294 e. The van der Waals surface area contributed by atoms with Crippen LogP contribution in [0.2, 0.25) is 0 Å². The van der Waals surface area contributed by atoms with Crippen molar-refractivity contribution in [3.8, 4) is 22.9 Å². The number of nitrogens with zero attached hydrogens (tertiary/aromatic N) is 7. The fourth-order valence-electron chi connectivity index (χ4n) is 8.24. The molecule has 7 nitrogen and oxygen atoms in total. The molecule has 0 aliphatic rings. The smallest absolute Gasteiger partial charge is 0.238 e. The molecular formula is C45H27N7. The van der Waals surface area contributed by atoms with Crippen LogP contribution < -0.4 is 0 Å². The molecule has 0 N–H and O–H groups in total. The molecule has 0 aliphatic heterocycles. The van der Waals surface area contributed by atoms with E-state index >= 15 is 0 Å². The van der Waals surface area contributed by atoms with E-state index in [0.717, 1.165) is 66.9 Å². The lowest BCUT2D eigenvalue weighted by Crippen LogP contribution is -2.04.